The van der Waals surface area contributed by atoms with Crippen molar-refractivity contribution in [2.45, 2.75) is 0 Å². The van der Waals surface area contributed by atoms with Crippen LogP contribution in [-0.4, -0.2) is 24.4 Å². The largest absolute Gasteiger partial charge is 0.495 e. The third kappa shape index (κ3) is 2.73. The van der Waals surface area contributed by atoms with Gasteiger partial charge in [-0.05, 0) is 12.1 Å². The van der Waals surface area contributed by atoms with E-state index < -0.39 is 0 Å². The second-order valence-electron chi connectivity index (χ2n) is 3.72. The lowest BCUT2D eigenvalue weighted by Gasteiger charge is -2.13. The number of nitrogens with zero attached hydrogens (tertiary/aromatic N) is 3. The number of halogens is 1. The summed E-state index contributed by atoms with van der Waals surface area (Å²) >= 11 is 6.08. The van der Waals surface area contributed by atoms with Gasteiger partial charge in [0.1, 0.15) is 17.6 Å². The van der Waals surface area contributed by atoms with Crippen molar-refractivity contribution in [2.24, 2.45) is 0 Å². The maximum absolute atomic E-state index is 9.02. The molecule has 0 fully saturated rings. The van der Waals surface area contributed by atoms with Crippen LogP contribution in [0.4, 0.5) is 11.5 Å². The molecule has 0 unspecified atom stereocenters. The number of methoxy groups -OCH3 is 2. The van der Waals surface area contributed by atoms with Gasteiger partial charge in [-0.15, -0.1) is 5.10 Å². The van der Waals surface area contributed by atoms with Gasteiger partial charge in [0, 0.05) is 6.07 Å². The maximum Gasteiger partial charge on any atom is 0.171 e. The molecule has 1 aromatic heterocycles. The van der Waals surface area contributed by atoms with Gasteiger partial charge in [0.2, 0.25) is 0 Å². The second-order valence-corrected chi connectivity index (χ2v) is 4.12. The van der Waals surface area contributed by atoms with Crippen molar-refractivity contribution in [3.63, 3.8) is 0 Å². The fourth-order valence-corrected chi connectivity index (χ4v) is 1.84. The summed E-state index contributed by atoms with van der Waals surface area (Å²) in [5.41, 5.74) is 0.935. The number of nitrogens with one attached hydrogen (secondary N) is 1. The molecule has 0 aliphatic heterocycles. The van der Waals surface area contributed by atoms with Crippen LogP contribution in [0.3, 0.4) is 0 Å². The summed E-state index contributed by atoms with van der Waals surface area (Å²) in [4.78, 5) is 0. The van der Waals surface area contributed by atoms with E-state index in [9.17, 15) is 0 Å². The van der Waals surface area contributed by atoms with Crippen molar-refractivity contribution in [1.82, 2.24) is 10.2 Å². The van der Waals surface area contributed by atoms with E-state index in [1.807, 2.05) is 6.07 Å². The van der Waals surface area contributed by atoms with E-state index in [0.29, 0.717) is 33.6 Å². The van der Waals surface area contributed by atoms with Gasteiger partial charge in [-0.1, -0.05) is 11.6 Å². The number of hydrogen-bond acceptors (Lipinski definition) is 6. The predicted octanol–water partition coefficient (Wildman–Crippen LogP) is 2.76. The number of aromatic nitrogens is 2. The van der Waals surface area contributed by atoms with Crippen LogP contribution in [0.1, 0.15) is 5.56 Å². The fourth-order valence-electron chi connectivity index (χ4n) is 1.60. The Morgan fingerprint density at radius 1 is 1.25 bits per heavy atom. The SMILES string of the molecule is COc1cc(OC)c(Nc2nnccc2C#N)cc1Cl. The quantitative estimate of drug-likeness (QED) is 0.932. The summed E-state index contributed by atoms with van der Waals surface area (Å²) < 4.78 is 10.4. The van der Waals surface area contributed by atoms with Gasteiger partial charge in [-0.2, -0.15) is 10.4 Å². The first-order valence-corrected chi connectivity index (χ1v) is 5.97. The van der Waals surface area contributed by atoms with Crippen molar-refractivity contribution in [3.05, 3.63) is 35.0 Å². The monoisotopic (exact) mass is 290 g/mol. The Balaban J connectivity index is 2.43. The number of nitriles is 1. The van der Waals surface area contributed by atoms with Gasteiger partial charge in [-0.3, -0.25) is 0 Å². The Morgan fingerprint density at radius 3 is 2.65 bits per heavy atom. The number of benzene rings is 1. The smallest absolute Gasteiger partial charge is 0.171 e. The summed E-state index contributed by atoms with van der Waals surface area (Å²) in [7, 11) is 3.04. The van der Waals surface area contributed by atoms with Crippen LogP contribution in [0.15, 0.2) is 24.4 Å². The van der Waals surface area contributed by atoms with E-state index in [1.165, 1.54) is 20.4 Å². The van der Waals surface area contributed by atoms with Crippen LogP contribution < -0.4 is 14.8 Å². The fraction of sp³-hybridized carbons (Fsp3) is 0.154. The highest BCUT2D eigenvalue weighted by atomic mass is 35.5. The van der Waals surface area contributed by atoms with Crippen molar-refractivity contribution in [1.29, 1.82) is 5.26 Å². The second kappa shape index (κ2) is 6.08. The molecular formula is C13H11ClN4O2. The highest BCUT2D eigenvalue weighted by Gasteiger charge is 2.12. The molecule has 7 heteroatoms. The van der Waals surface area contributed by atoms with Gasteiger partial charge in [0.25, 0.3) is 0 Å². The Hall–Kier alpha value is -2.52. The van der Waals surface area contributed by atoms with Gasteiger partial charge >= 0.3 is 0 Å². The highest BCUT2D eigenvalue weighted by Crippen LogP contribution is 2.37. The van der Waals surface area contributed by atoms with Crippen molar-refractivity contribution in [2.75, 3.05) is 19.5 Å². The van der Waals surface area contributed by atoms with E-state index in [-0.39, 0.29) is 0 Å². The molecule has 0 saturated carbocycles. The molecule has 0 amide bonds. The average molecular weight is 291 g/mol. The predicted molar refractivity (Wildman–Crippen MR) is 74.6 cm³/mol. The Morgan fingerprint density at radius 2 is 2.00 bits per heavy atom. The van der Waals surface area contributed by atoms with Gasteiger partial charge in [0.05, 0.1) is 36.7 Å². The molecule has 20 heavy (non-hydrogen) atoms. The van der Waals surface area contributed by atoms with Crippen LogP contribution in [0.25, 0.3) is 0 Å². The molecule has 0 aliphatic carbocycles. The number of anilines is 2. The number of rotatable bonds is 4. The Kier molecular flexibility index (Phi) is 4.23. The van der Waals surface area contributed by atoms with Crippen molar-refractivity contribution < 1.29 is 9.47 Å². The van der Waals surface area contributed by atoms with E-state index in [0.717, 1.165) is 0 Å². The first-order valence-electron chi connectivity index (χ1n) is 5.60. The molecule has 0 atom stereocenters. The molecule has 1 aromatic carbocycles. The molecule has 1 heterocycles. The van der Waals surface area contributed by atoms with E-state index in [2.05, 4.69) is 15.5 Å². The van der Waals surface area contributed by atoms with Crippen LogP contribution in [0.2, 0.25) is 5.02 Å². The molecule has 0 bridgehead atoms. The summed E-state index contributed by atoms with van der Waals surface area (Å²) in [6, 6.07) is 6.87. The zero-order chi connectivity index (χ0) is 14.5. The molecular weight excluding hydrogens is 280 g/mol. The minimum absolute atomic E-state index is 0.328. The molecule has 0 saturated heterocycles. The summed E-state index contributed by atoms with van der Waals surface area (Å²) in [6.07, 6.45) is 1.45. The zero-order valence-corrected chi connectivity index (χ0v) is 11.6. The van der Waals surface area contributed by atoms with Crippen molar-refractivity contribution in [3.8, 4) is 17.6 Å². The molecule has 6 nitrogen and oxygen atoms in total. The molecule has 102 valence electrons. The van der Waals surface area contributed by atoms with E-state index >= 15 is 0 Å². The van der Waals surface area contributed by atoms with Crippen LogP contribution >= 0.6 is 11.6 Å². The molecule has 2 aromatic rings. The lowest BCUT2D eigenvalue weighted by Crippen LogP contribution is -2.01. The molecule has 0 aliphatic rings. The summed E-state index contributed by atoms with van der Waals surface area (Å²) in [6.45, 7) is 0. The van der Waals surface area contributed by atoms with Crippen LogP contribution in [0.5, 0.6) is 11.5 Å². The lowest BCUT2D eigenvalue weighted by molar-refractivity contribution is 0.396. The summed E-state index contributed by atoms with van der Waals surface area (Å²) in [5.74, 6) is 1.34. The Labute approximate surface area is 120 Å². The van der Waals surface area contributed by atoms with Crippen LogP contribution in [0, 0.1) is 11.3 Å². The lowest BCUT2D eigenvalue weighted by atomic mass is 10.2. The topological polar surface area (TPSA) is 80.1 Å². The minimum Gasteiger partial charge on any atom is -0.495 e. The molecule has 0 radical (unpaired) electrons. The first kappa shape index (κ1) is 13.9. The molecule has 2 rings (SSSR count). The summed E-state index contributed by atoms with van der Waals surface area (Å²) in [5, 5.41) is 20.0. The van der Waals surface area contributed by atoms with Gasteiger partial charge in [-0.25, -0.2) is 0 Å². The van der Waals surface area contributed by atoms with Crippen molar-refractivity contribution >= 4 is 23.1 Å². The third-order valence-corrected chi connectivity index (χ3v) is 2.86. The maximum atomic E-state index is 9.02. The normalized spacial score (nSPS) is 9.70. The standard InChI is InChI=1S/C13H11ClN4O2/c1-19-11-6-12(20-2)10(5-9(11)14)17-13-8(7-15)3-4-16-18-13/h3-6H,1-2H3,(H,17,18). The number of ether oxygens (including phenoxy) is 2. The minimum atomic E-state index is 0.328. The van der Waals surface area contributed by atoms with E-state index in [4.69, 9.17) is 26.3 Å². The average Bonchev–Trinajstić information content (AvgIpc) is 2.48. The zero-order valence-electron chi connectivity index (χ0n) is 10.8. The van der Waals surface area contributed by atoms with Gasteiger partial charge in [0.15, 0.2) is 5.82 Å². The van der Waals surface area contributed by atoms with Gasteiger partial charge < -0.3 is 14.8 Å². The molecule has 0 spiro atoms. The Bertz CT molecular complexity index is 670. The highest BCUT2D eigenvalue weighted by molar-refractivity contribution is 6.32. The number of hydrogen-bond donors (Lipinski definition) is 1. The first-order chi connectivity index (χ1) is 9.69. The van der Waals surface area contributed by atoms with E-state index in [1.54, 1.807) is 18.2 Å². The molecule has 1 N–H and O–H groups in total. The van der Waals surface area contributed by atoms with Crippen LogP contribution in [-0.2, 0) is 0 Å². The third-order valence-electron chi connectivity index (χ3n) is 2.57.